The Hall–Kier alpha value is -2.81. The molecule has 0 N–H and O–H groups in total. The second-order valence-electron chi connectivity index (χ2n) is 4.83. The van der Waals surface area contributed by atoms with Gasteiger partial charge in [-0.05, 0) is 29.6 Å². The first-order valence-corrected chi connectivity index (χ1v) is 7.75. The van der Waals surface area contributed by atoms with Crippen molar-refractivity contribution in [1.82, 2.24) is 19.6 Å². The van der Waals surface area contributed by atoms with Crippen molar-refractivity contribution < 1.29 is 18.3 Å². The number of hydrogen-bond donors (Lipinski definition) is 0. The van der Waals surface area contributed by atoms with E-state index in [1.807, 2.05) is 11.4 Å². The van der Waals surface area contributed by atoms with Crippen LogP contribution in [0.4, 0.5) is 8.78 Å². The number of nitrogens with zero attached hydrogens (tertiary/aromatic N) is 4. The molecule has 122 valence electrons. The number of alkyl halides is 2. The van der Waals surface area contributed by atoms with Crippen molar-refractivity contribution in [2.45, 2.75) is 6.61 Å². The van der Waals surface area contributed by atoms with Crippen molar-refractivity contribution in [3.05, 3.63) is 36.0 Å². The summed E-state index contributed by atoms with van der Waals surface area (Å²) in [6.07, 6.45) is 1.59. The molecule has 3 aromatic heterocycles. The lowest BCUT2D eigenvalue weighted by Gasteiger charge is -2.10. The molecule has 0 spiro atoms. The minimum Gasteiger partial charge on any atom is -0.493 e. The standard InChI is InChI=1S/C15H10F2N4O2S/c1-22-11-6-8(2-3-10(11)23-15(16)17)12-19-13-9-4-5-24-14(9)18-7-21(13)20-12/h2-7,15H,1H3. The Balaban J connectivity index is 1.81. The molecule has 0 bridgehead atoms. The zero-order chi connectivity index (χ0) is 16.7. The Morgan fingerprint density at radius 1 is 1.21 bits per heavy atom. The lowest BCUT2D eigenvalue weighted by atomic mass is 10.2. The molecule has 4 rings (SSSR count). The first-order chi connectivity index (χ1) is 11.7. The van der Waals surface area contributed by atoms with Gasteiger partial charge in [-0.3, -0.25) is 0 Å². The number of methoxy groups -OCH3 is 1. The number of benzene rings is 1. The van der Waals surface area contributed by atoms with E-state index in [-0.39, 0.29) is 11.5 Å². The zero-order valence-electron chi connectivity index (χ0n) is 12.3. The normalized spacial score (nSPS) is 11.5. The molecule has 0 atom stereocenters. The van der Waals surface area contributed by atoms with Crippen LogP contribution < -0.4 is 9.47 Å². The highest BCUT2D eigenvalue weighted by Gasteiger charge is 2.15. The molecule has 9 heteroatoms. The first-order valence-electron chi connectivity index (χ1n) is 6.87. The molecule has 3 heterocycles. The van der Waals surface area contributed by atoms with Crippen molar-refractivity contribution in [1.29, 1.82) is 0 Å². The van der Waals surface area contributed by atoms with Crippen molar-refractivity contribution in [2.24, 2.45) is 0 Å². The molecule has 0 fully saturated rings. The van der Waals surface area contributed by atoms with Gasteiger partial charge in [-0.25, -0.2) is 14.5 Å². The van der Waals surface area contributed by atoms with Gasteiger partial charge in [0.25, 0.3) is 0 Å². The van der Waals surface area contributed by atoms with Crippen LogP contribution in [0.3, 0.4) is 0 Å². The van der Waals surface area contributed by atoms with E-state index < -0.39 is 6.61 Å². The predicted molar refractivity (Wildman–Crippen MR) is 84.8 cm³/mol. The Kier molecular flexibility index (Phi) is 3.49. The summed E-state index contributed by atoms with van der Waals surface area (Å²) >= 11 is 1.52. The summed E-state index contributed by atoms with van der Waals surface area (Å²) in [6, 6.07) is 6.50. The van der Waals surface area contributed by atoms with Crippen LogP contribution in [0.25, 0.3) is 27.3 Å². The van der Waals surface area contributed by atoms with Crippen molar-refractivity contribution in [3.8, 4) is 22.9 Å². The zero-order valence-corrected chi connectivity index (χ0v) is 13.1. The first kappa shape index (κ1) is 14.8. The summed E-state index contributed by atoms with van der Waals surface area (Å²) in [5.74, 6) is 0.588. The van der Waals surface area contributed by atoms with E-state index in [0.29, 0.717) is 17.0 Å². The van der Waals surface area contributed by atoms with Gasteiger partial charge in [0.15, 0.2) is 23.0 Å². The van der Waals surface area contributed by atoms with Crippen LogP contribution in [0.2, 0.25) is 0 Å². The summed E-state index contributed by atoms with van der Waals surface area (Å²) in [5.41, 5.74) is 1.31. The topological polar surface area (TPSA) is 61.5 Å². The number of aromatic nitrogens is 4. The second-order valence-corrected chi connectivity index (χ2v) is 5.73. The van der Waals surface area contributed by atoms with Crippen molar-refractivity contribution >= 4 is 27.2 Å². The highest BCUT2D eigenvalue weighted by atomic mass is 32.1. The Morgan fingerprint density at radius 3 is 2.88 bits per heavy atom. The fourth-order valence-electron chi connectivity index (χ4n) is 2.39. The molecule has 0 aliphatic carbocycles. The van der Waals surface area contributed by atoms with Gasteiger partial charge >= 0.3 is 6.61 Å². The molecule has 24 heavy (non-hydrogen) atoms. The average Bonchev–Trinajstić information content (AvgIpc) is 3.20. The molecule has 0 radical (unpaired) electrons. The average molecular weight is 348 g/mol. The van der Waals surface area contributed by atoms with E-state index >= 15 is 0 Å². The van der Waals surface area contributed by atoms with E-state index in [4.69, 9.17) is 4.74 Å². The summed E-state index contributed by atoms with van der Waals surface area (Å²) in [4.78, 5) is 9.71. The SMILES string of the molecule is COc1cc(-c2nc3c4ccsc4ncn3n2)ccc1OC(F)F. The molecule has 6 nitrogen and oxygen atoms in total. The molecule has 0 unspecified atom stereocenters. The Morgan fingerprint density at radius 2 is 2.08 bits per heavy atom. The lowest BCUT2D eigenvalue weighted by Crippen LogP contribution is -2.03. The highest BCUT2D eigenvalue weighted by molar-refractivity contribution is 7.16. The van der Waals surface area contributed by atoms with Crippen LogP contribution in [0.5, 0.6) is 11.5 Å². The number of ether oxygens (including phenoxy) is 2. The van der Waals surface area contributed by atoms with E-state index in [1.165, 1.54) is 24.5 Å². The highest BCUT2D eigenvalue weighted by Crippen LogP contribution is 2.33. The predicted octanol–water partition coefficient (Wildman–Crippen LogP) is 3.62. The Labute approximate surface area is 138 Å². The van der Waals surface area contributed by atoms with E-state index in [9.17, 15) is 8.78 Å². The van der Waals surface area contributed by atoms with Gasteiger partial charge in [-0.15, -0.1) is 16.4 Å². The van der Waals surface area contributed by atoms with Gasteiger partial charge in [-0.1, -0.05) is 0 Å². The van der Waals surface area contributed by atoms with E-state index in [1.54, 1.807) is 23.0 Å². The van der Waals surface area contributed by atoms with Gasteiger partial charge in [0.2, 0.25) is 0 Å². The second kappa shape index (κ2) is 5.68. The quantitative estimate of drug-likeness (QED) is 0.564. The third-order valence-corrected chi connectivity index (χ3v) is 4.26. The van der Waals surface area contributed by atoms with Crippen LogP contribution in [-0.4, -0.2) is 33.3 Å². The van der Waals surface area contributed by atoms with Crippen LogP contribution in [-0.2, 0) is 0 Å². The smallest absolute Gasteiger partial charge is 0.387 e. The Bertz CT molecular complexity index is 1030. The van der Waals surface area contributed by atoms with E-state index in [2.05, 4.69) is 19.8 Å². The maximum Gasteiger partial charge on any atom is 0.387 e. The summed E-state index contributed by atoms with van der Waals surface area (Å²) in [7, 11) is 1.38. The van der Waals surface area contributed by atoms with Crippen molar-refractivity contribution in [3.63, 3.8) is 0 Å². The minimum absolute atomic E-state index is 0.0399. The number of halogens is 2. The molecule has 1 aromatic carbocycles. The van der Waals surface area contributed by atoms with E-state index in [0.717, 1.165) is 10.2 Å². The summed E-state index contributed by atoms with van der Waals surface area (Å²) < 4.78 is 35.9. The fourth-order valence-corrected chi connectivity index (χ4v) is 3.12. The van der Waals surface area contributed by atoms with Crippen LogP contribution in [0.15, 0.2) is 36.0 Å². The third-order valence-electron chi connectivity index (χ3n) is 3.44. The number of thiophene rings is 1. The van der Waals surface area contributed by atoms with Crippen LogP contribution >= 0.6 is 11.3 Å². The summed E-state index contributed by atoms with van der Waals surface area (Å²) in [6.45, 7) is -2.92. The van der Waals surface area contributed by atoms with Gasteiger partial charge < -0.3 is 9.47 Å². The summed E-state index contributed by atoms with van der Waals surface area (Å²) in [5, 5.41) is 7.23. The largest absolute Gasteiger partial charge is 0.493 e. The van der Waals surface area contributed by atoms with Crippen LogP contribution in [0, 0.1) is 0 Å². The number of rotatable bonds is 4. The number of fused-ring (bicyclic) bond motifs is 3. The van der Waals surface area contributed by atoms with Gasteiger partial charge in [0, 0.05) is 5.56 Å². The number of hydrogen-bond acceptors (Lipinski definition) is 6. The minimum atomic E-state index is -2.92. The maximum atomic E-state index is 12.4. The van der Waals surface area contributed by atoms with Gasteiger partial charge in [0.05, 0.1) is 12.5 Å². The van der Waals surface area contributed by atoms with Gasteiger partial charge in [0.1, 0.15) is 11.2 Å². The molecule has 0 saturated carbocycles. The molecule has 0 aliphatic rings. The molecule has 0 saturated heterocycles. The monoisotopic (exact) mass is 348 g/mol. The fraction of sp³-hybridized carbons (Fsp3) is 0.133. The molecule has 4 aromatic rings. The van der Waals surface area contributed by atoms with Crippen LogP contribution in [0.1, 0.15) is 0 Å². The molecular formula is C15H10F2N4O2S. The van der Waals surface area contributed by atoms with Gasteiger partial charge in [-0.2, -0.15) is 8.78 Å². The maximum absolute atomic E-state index is 12.4. The third kappa shape index (κ3) is 2.42. The lowest BCUT2D eigenvalue weighted by molar-refractivity contribution is -0.0512. The van der Waals surface area contributed by atoms with Crippen molar-refractivity contribution in [2.75, 3.05) is 7.11 Å². The molecule has 0 aliphatic heterocycles. The molecular weight excluding hydrogens is 338 g/mol. The molecule has 0 amide bonds.